The highest BCUT2D eigenvalue weighted by Crippen LogP contribution is 2.24. The maximum Gasteiger partial charge on any atom is 0.0606 e. The highest BCUT2D eigenvalue weighted by atomic mass is 16.3. The van der Waals surface area contributed by atoms with Gasteiger partial charge < -0.3 is 15.7 Å². The van der Waals surface area contributed by atoms with E-state index in [1.54, 1.807) is 0 Å². The minimum Gasteiger partial charge on any atom is -0.397 e. The first-order chi connectivity index (χ1) is 7.69. The van der Waals surface area contributed by atoms with Gasteiger partial charge in [0.2, 0.25) is 0 Å². The SMILES string of the molecule is CCCCN(CCO)c1cc(C)ccc1N. The molecule has 0 spiro atoms. The molecule has 0 atom stereocenters. The Bertz CT molecular complexity index is 326. The van der Waals surface area contributed by atoms with Gasteiger partial charge in [-0.1, -0.05) is 19.4 Å². The fraction of sp³-hybridized carbons (Fsp3) is 0.538. The van der Waals surface area contributed by atoms with E-state index in [0.717, 1.165) is 30.8 Å². The van der Waals surface area contributed by atoms with Crippen LogP contribution in [-0.4, -0.2) is 24.8 Å². The monoisotopic (exact) mass is 222 g/mol. The average Bonchev–Trinajstić information content (AvgIpc) is 2.28. The fourth-order valence-corrected chi connectivity index (χ4v) is 1.75. The number of aliphatic hydroxyl groups excluding tert-OH is 1. The first-order valence-electron chi connectivity index (χ1n) is 5.91. The Morgan fingerprint density at radius 2 is 2.06 bits per heavy atom. The number of rotatable bonds is 6. The zero-order chi connectivity index (χ0) is 12.0. The van der Waals surface area contributed by atoms with E-state index in [-0.39, 0.29) is 6.61 Å². The molecule has 0 aromatic heterocycles. The van der Waals surface area contributed by atoms with Gasteiger partial charge in [-0.05, 0) is 31.0 Å². The topological polar surface area (TPSA) is 49.5 Å². The van der Waals surface area contributed by atoms with Gasteiger partial charge in [0, 0.05) is 13.1 Å². The van der Waals surface area contributed by atoms with Gasteiger partial charge in [-0.2, -0.15) is 0 Å². The van der Waals surface area contributed by atoms with Crippen LogP contribution in [0, 0.1) is 6.92 Å². The summed E-state index contributed by atoms with van der Waals surface area (Å²) in [7, 11) is 0. The number of nitrogen functional groups attached to an aromatic ring is 1. The smallest absolute Gasteiger partial charge is 0.0606 e. The molecule has 3 N–H and O–H groups in total. The minimum absolute atomic E-state index is 0.164. The van der Waals surface area contributed by atoms with Crippen LogP contribution in [0.5, 0.6) is 0 Å². The highest BCUT2D eigenvalue weighted by molar-refractivity contribution is 5.68. The van der Waals surface area contributed by atoms with Gasteiger partial charge >= 0.3 is 0 Å². The second-order valence-electron chi connectivity index (χ2n) is 4.13. The number of anilines is 2. The van der Waals surface area contributed by atoms with E-state index >= 15 is 0 Å². The zero-order valence-electron chi connectivity index (χ0n) is 10.2. The van der Waals surface area contributed by atoms with E-state index in [1.165, 1.54) is 5.56 Å². The number of unbranched alkanes of at least 4 members (excludes halogenated alkanes) is 1. The summed E-state index contributed by atoms with van der Waals surface area (Å²) < 4.78 is 0. The third-order valence-corrected chi connectivity index (χ3v) is 2.68. The summed E-state index contributed by atoms with van der Waals surface area (Å²) in [6.07, 6.45) is 2.26. The molecule has 0 aliphatic heterocycles. The Balaban J connectivity index is 2.85. The lowest BCUT2D eigenvalue weighted by Gasteiger charge is -2.25. The summed E-state index contributed by atoms with van der Waals surface area (Å²) in [5, 5.41) is 9.08. The van der Waals surface area contributed by atoms with E-state index in [9.17, 15) is 0 Å². The lowest BCUT2D eigenvalue weighted by molar-refractivity contribution is 0.301. The Morgan fingerprint density at radius 1 is 1.31 bits per heavy atom. The zero-order valence-corrected chi connectivity index (χ0v) is 10.2. The van der Waals surface area contributed by atoms with Crippen molar-refractivity contribution in [1.29, 1.82) is 0 Å². The molecular formula is C13H22N2O. The van der Waals surface area contributed by atoms with E-state index in [2.05, 4.69) is 24.8 Å². The largest absolute Gasteiger partial charge is 0.397 e. The summed E-state index contributed by atoms with van der Waals surface area (Å²) in [6.45, 7) is 5.98. The van der Waals surface area contributed by atoms with Crippen LogP contribution in [0.2, 0.25) is 0 Å². The normalized spacial score (nSPS) is 10.4. The quantitative estimate of drug-likeness (QED) is 0.725. The number of hydrogen-bond acceptors (Lipinski definition) is 3. The Morgan fingerprint density at radius 3 is 2.69 bits per heavy atom. The molecule has 90 valence electrons. The van der Waals surface area contributed by atoms with Crippen LogP contribution in [0.4, 0.5) is 11.4 Å². The molecular weight excluding hydrogens is 200 g/mol. The number of aliphatic hydroxyl groups is 1. The first-order valence-corrected chi connectivity index (χ1v) is 5.91. The number of nitrogens with two attached hydrogens (primary N) is 1. The molecule has 0 radical (unpaired) electrons. The van der Waals surface area contributed by atoms with Crippen molar-refractivity contribution in [2.75, 3.05) is 30.3 Å². The molecule has 0 unspecified atom stereocenters. The molecule has 3 heteroatoms. The summed E-state index contributed by atoms with van der Waals surface area (Å²) in [5.41, 5.74) is 9.00. The van der Waals surface area contributed by atoms with Crippen molar-refractivity contribution in [2.24, 2.45) is 0 Å². The molecule has 0 saturated carbocycles. The van der Waals surface area contributed by atoms with Gasteiger partial charge in [0.1, 0.15) is 0 Å². The molecule has 0 fully saturated rings. The highest BCUT2D eigenvalue weighted by Gasteiger charge is 2.08. The molecule has 0 bridgehead atoms. The van der Waals surface area contributed by atoms with Gasteiger partial charge in [-0.3, -0.25) is 0 Å². The Hall–Kier alpha value is -1.22. The van der Waals surface area contributed by atoms with Gasteiger partial charge in [0.05, 0.1) is 18.0 Å². The van der Waals surface area contributed by atoms with Crippen molar-refractivity contribution < 1.29 is 5.11 Å². The van der Waals surface area contributed by atoms with E-state index in [0.29, 0.717) is 6.54 Å². The summed E-state index contributed by atoms with van der Waals surface area (Å²) >= 11 is 0. The van der Waals surface area contributed by atoms with Crippen molar-refractivity contribution >= 4 is 11.4 Å². The third kappa shape index (κ3) is 3.42. The van der Waals surface area contributed by atoms with E-state index < -0.39 is 0 Å². The molecule has 0 aliphatic rings. The molecule has 16 heavy (non-hydrogen) atoms. The standard InChI is InChI=1S/C13H22N2O/c1-3-4-7-15(8-9-16)13-10-11(2)5-6-12(13)14/h5-6,10,16H,3-4,7-9,14H2,1-2H3. The van der Waals surface area contributed by atoms with Crippen LogP contribution in [0.3, 0.4) is 0 Å². The number of aryl methyl sites for hydroxylation is 1. The summed E-state index contributed by atoms with van der Waals surface area (Å²) in [6, 6.07) is 6.03. The average molecular weight is 222 g/mol. The van der Waals surface area contributed by atoms with E-state index in [1.807, 2.05) is 12.1 Å². The third-order valence-electron chi connectivity index (χ3n) is 2.68. The van der Waals surface area contributed by atoms with Gasteiger partial charge in [0.15, 0.2) is 0 Å². The molecule has 0 amide bonds. The Labute approximate surface area is 97.9 Å². The summed E-state index contributed by atoms with van der Waals surface area (Å²) in [5.74, 6) is 0. The van der Waals surface area contributed by atoms with Crippen molar-refractivity contribution in [3.05, 3.63) is 23.8 Å². The first kappa shape index (κ1) is 12.8. The number of benzene rings is 1. The molecule has 0 saturated heterocycles. The van der Waals surface area contributed by atoms with Crippen LogP contribution in [-0.2, 0) is 0 Å². The predicted molar refractivity (Wildman–Crippen MR) is 69.8 cm³/mol. The second-order valence-corrected chi connectivity index (χ2v) is 4.13. The van der Waals surface area contributed by atoms with Crippen LogP contribution in [0.25, 0.3) is 0 Å². The van der Waals surface area contributed by atoms with Crippen LogP contribution in [0.15, 0.2) is 18.2 Å². The molecule has 1 rings (SSSR count). The van der Waals surface area contributed by atoms with Crippen molar-refractivity contribution in [3.63, 3.8) is 0 Å². The molecule has 1 aromatic rings. The van der Waals surface area contributed by atoms with Crippen molar-refractivity contribution in [2.45, 2.75) is 26.7 Å². The lowest BCUT2D eigenvalue weighted by atomic mass is 10.1. The Kier molecular flexibility index (Phi) is 5.12. The fourth-order valence-electron chi connectivity index (χ4n) is 1.75. The van der Waals surface area contributed by atoms with Crippen molar-refractivity contribution in [1.82, 2.24) is 0 Å². The van der Waals surface area contributed by atoms with Gasteiger partial charge in [0.25, 0.3) is 0 Å². The van der Waals surface area contributed by atoms with Gasteiger partial charge in [-0.15, -0.1) is 0 Å². The number of nitrogens with zero attached hydrogens (tertiary/aromatic N) is 1. The molecule has 3 nitrogen and oxygen atoms in total. The molecule has 0 heterocycles. The minimum atomic E-state index is 0.164. The van der Waals surface area contributed by atoms with Crippen LogP contribution >= 0.6 is 0 Å². The van der Waals surface area contributed by atoms with E-state index in [4.69, 9.17) is 10.8 Å². The van der Waals surface area contributed by atoms with Crippen LogP contribution < -0.4 is 10.6 Å². The molecule has 0 aliphatic carbocycles. The molecule has 1 aromatic carbocycles. The van der Waals surface area contributed by atoms with Crippen molar-refractivity contribution in [3.8, 4) is 0 Å². The van der Waals surface area contributed by atoms with Crippen LogP contribution in [0.1, 0.15) is 25.3 Å². The maximum atomic E-state index is 9.08. The number of hydrogen-bond donors (Lipinski definition) is 2. The lowest BCUT2D eigenvalue weighted by Crippen LogP contribution is -2.28. The summed E-state index contributed by atoms with van der Waals surface area (Å²) in [4.78, 5) is 2.16. The predicted octanol–water partition coefficient (Wildman–Crippen LogP) is 2.18. The van der Waals surface area contributed by atoms with Gasteiger partial charge in [-0.25, -0.2) is 0 Å². The maximum absolute atomic E-state index is 9.08. The second kappa shape index (κ2) is 6.38.